The lowest BCUT2D eigenvalue weighted by atomic mass is 10.0. The SMILES string of the molecule is [CH2]C1OC(CC)(CC)Oc2c(Cl)cccc21. The van der Waals surface area contributed by atoms with Gasteiger partial charge in [-0.2, -0.15) is 0 Å². The molecule has 0 saturated heterocycles. The molecule has 0 N–H and O–H groups in total. The highest BCUT2D eigenvalue weighted by atomic mass is 35.5. The minimum absolute atomic E-state index is 0.220. The molecule has 1 aromatic rings. The zero-order chi connectivity index (χ0) is 11.8. The third kappa shape index (κ3) is 1.80. The number of hydrogen-bond donors (Lipinski definition) is 0. The Labute approximate surface area is 102 Å². The summed E-state index contributed by atoms with van der Waals surface area (Å²) in [6, 6.07) is 5.65. The van der Waals surface area contributed by atoms with Gasteiger partial charge in [0.15, 0.2) is 0 Å². The average molecular weight is 240 g/mol. The fourth-order valence-electron chi connectivity index (χ4n) is 1.98. The van der Waals surface area contributed by atoms with E-state index in [1.165, 1.54) is 0 Å². The van der Waals surface area contributed by atoms with Crippen molar-refractivity contribution in [2.75, 3.05) is 0 Å². The molecule has 1 radical (unpaired) electrons. The highest BCUT2D eigenvalue weighted by Crippen LogP contribution is 2.44. The summed E-state index contributed by atoms with van der Waals surface area (Å²) in [6.45, 7) is 8.09. The van der Waals surface area contributed by atoms with Gasteiger partial charge in [0.05, 0.1) is 11.1 Å². The van der Waals surface area contributed by atoms with E-state index in [-0.39, 0.29) is 6.10 Å². The van der Waals surface area contributed by atoms with Crippen molar-refractivity contribution in [1.29, 1.82) is 0 Å². The number of fused-ring (bicyclic) bond motifs is 1. The van der Waals surface area contributed by atoms with E-state index in [9.17, 15) is 0 Å². The molecule has 1 heterocycles. The largest absolute Gasteiger partial charge is 0.460 e. The van der Waals surface area contributed by atoms with Gasteiger partial charge < -0.3 is 9.47 Å². The second-order valence-corrected chi connectivity index (χ2v) is 4.39. The standard InChI is InChI=1S/C13H16ClO2/c1-4-13(5-2)15-9(3)10-7-6-8-11(14)12(10)16-13/h6-9H,3-5H2,1-2H3. The summed E-state index contributed by atoms with van der Waals surface area (Å²) >= 11 is 6.14. The van der Waals surface area contributed by atoms with Crippen molar-refractivity contribution in [3.8, 4) is 5.75 Å². The van der Waals surface area contributed by atoms with Crippen LogP contribution in [0.25, 0.3) is 0 Å². The van der Waals surface area contributed by atoms with Gasteiger partial charge in [0.1, 0.15) is 5.75 Å². The smallest absolute Gasteiger partial charge is 0.210 e. The van der Waals surface area contributed by atoms with Gasteiger partial charge in [0.2, 0.25) is 5.79 Å². The van der Waals surface area contributed by atoms with E-state index < -0.39 is 5.79 Å². The molecule has 1 atom stereocenters. The summed E-state index contributed by atoms with van der Waals surface area (Å²) < 4.78 is 11.8. The van der Waals surface area contributed by atoms with Crippen LogP contribution in [-0.2, 0) is 4.74 Å². The number of hydrogen-bond acceptors (Lipinski definition) is 2. The molecule has 0 aliphatic carbocycles. The molecule has 1 unspecified atom stereocenters. The summed E-state index contributed by atoms with van der Waals surface area (Å²) in [7, 11) is 0. The molecule has 0 fully saturated rings. The minimum Gasteiger partial charge on any atom is -0.460 e. The van der Waals surface area contributed by atoms with Crippen LogP contribution in [0.4, 0.5) is 0 Å². The Morgan fingerprint density at radius 2 is 2.06 bits per heavy atom. The van der Waals surface area contributed by atoms with Crippen molar-refractivity contribution in [1.82, 2.24) is 0 Å². The zero-order valence-electron chi connectivity index (χ0n) is 9.63. The van der Waals surface area contributed by atoms with Crippen LogP contribution >= 0.6 is 11.6 Å². The predicted octanol–water partition coefficient (Wildman–Crippen LogP) is 4.14. The second-order valence-electron chi connectivity index (χ2n) is 3.98. The van der Waals surface area contributed by atoms with Crippen molar-refractivity contribution in [3.63, 3.8) is 0 Å². The first-order valence-electron chi connectivity index (χ1n) is 5.60. The molecule has 0 spiro atoms. The van der Waals surface area contributed by atoms with E-state index >= 15 is 0 Å². The van der Waals surface area contributed by atoms with Gasteiger partial charge in [-0.1, -0.05) is 37.6 Å². The van der Waals surface area contributed by atoms with Gasteiger partial charge in [0.25, 0.3) is 0 Å². The summed E-state index contributed by atoms with van der Waals surface area (Å²) in [5.41, 5.74) is 0.921. The summed E-state index contributed by atoms with van der Waals surface area (Å²) in [5, 5.41) is 0.626. The average Bonchev–Trinajstić information content (AvgIpc) is 2.30. The van der Waals surface area contributed by atoms with Crippen molar-refractivity contribution in [2.24, 2.45) is 0 Å². The van der Waals surface area contributed by atoms with E-state index in [1.807, 2.05) is 32.0 Å². The molecule has 16 heavy (non-hydrogen) atoms. The molecule has 0 saturated carbocycles. The third-order valence-corrected chi connectivity index (χ3v) is 3.36. The number of halogens is 1. The number of benzene rings is 1. The molecule has 0 aromatic heterocycles. The first-order valence-corrected chi connectivity index (χ1v) is 5.98. The highest BCUT2D eigenvalue weighted by Gasteiger charge is 2.38. The van der Waals surface area contributed by atoms with Gasteiger partial charge in [-0.25, -0.2) is 0 Å². The van der Waals surface area contributed by atoms with Crippen molar-refractivity contribution >= 4 is 11.6 Å². The van der Waals surface area contributed by atoms with Crippen LogP contribution < -0.4 is 4.74 Å². The fourth-order valence-corrected chi connectivity index (χ4v) is 2.20. The lowest BCUT2D eigenvalue weighted by molar-refractivity contribution is -0.222. The Balaban J connectivity index is 2.45. The maximum absolute atomic E-state index is 6.14. The number of rotatable bonds is 2. The first kappa shape index (κ1) is 11.7. The van der Waals surface area contributed by atoms with E-state index in [4.69, 9.17) is 21.1 Å². The minimum atomic E-state index is -0.579. The van der Waals surface area contributed by atoms with Crippen LogP contribution in [0.2, 0.25) is 5.02 Å². The Hall–Kier alpha value is -0.730. The summed E-state index contributed by atoms with van der Waals surface area (Å²) in [5.74, 6) is 0.142. The van der Waals surface area contributed by atoms with Crippen LogP contribution in [0, 0.1) is 6.92 Å². The molecule has 2 nitrogen and oxygen atoms in total. The summed E-state index contributed by atoms with van der Waals surface area (Å²) in [4.78, 5) is 0. The molecule has 3 heteroatoms. The molecular formula is C13H16ClO2. The molecule has 1 aliphatic rings. The van der Waals surface area contributed by atoms with Gasteiger partial charge in [-0.05, 0) is 13.0 Å². The molecule has 2 rings (SSSR count). The van der Waals surface area contributed by atoms with Crippen LogP contribution in [0.5, 0.6) is 5.75 Å². The Bertz CT molecular complexity index is 386. The lowest BCUT2D eigenvalue weighted by Gasteiger charge is -2.40. The van der Waals surface area contributed by atoms with E-state index in [0.717, 1.165) is 24.2 Å². The van der Waals surface area contributed by atoms with Crippen LogP contribution in [-0.4, -0.2) is 5.79 Å². The van der Waals surface area contributed by atoms with E-state index in [2.05, 4.69) is 6.92 Å². The molecule has 0 bridgehead atoms. The number of ether oxygens (including phenoxy) is 2. The second kappa shape index (κ2) is 4.27. The van der Waals surface area contributed by atoms with Gasteiger partial charge in [0, 0.05) is 18.4 Å². The zero-order valence-corrected chi connectivity index (χ0v) is 10.4. The first-order chi connectivity index (χ1) is 7.62. The number of para-hydroxylation sites is 1. The Kier molecular flexibility index (Phi) is 3.13. The van der Waals surface area contributed by atoms with Crippen molar-refractivity contribution in [2.45, 2.75) is 38.6 Å². The van der Waals surface area contributed by atoms with Gasteiger partial charge in [-0.15, -0.1) is 0 Å². The van der Waals surface area contributed by atoms with Crippen molar-refractivity contribution in [3.05, 3.63) is 35.7 Å². The van der Waals surface area contributed by atoms with Crippen LogP contribution in [0.3, 0.4) is 0 Å². The maximum atomic E-state index is 6.14. The molecule has 1 aromatic carbocycles. The normalized spacial score (nSPS) is 22.4. The highest BCUT2D eigenvalue weighted by molar-refractivity contribution is 6.32. The quantitative estimate of drug-likeness (QED) is 0.772. The van der Waals surface area contributed by atoms with Crippen molar-refractivity contribution < 1.29 is 9.47 Å². The Morgan fingerprint density at radius 1 is 1.38 bits per heavy atom. The van der Waals surface area contributed by atoms with E-state index in [0.29, 0.717) is 5.02 Å². The molecule has 0 amide bonds. The fraction of sp³-hybridized carbons (Fsp3) is 0.462. The molecule has 1 aliphatic heterocycles. The van der Waals surface area contributed by atoms with Gasteiger partial charge in [-0.3, -0.25) is 0 Å². The molecular weight excluding hydrogens is 224 g/mol. The maximum Gasteiger partial charge on any atom is 0.210 e. The Morgan fingerprint density at radius 3 is 2.69 bits per heavy atom. The van der Waals surface area contributed by atoms with Gasteiger partial charge >= 0.3 is 0 Å². The lowest BCUT2D eigenvalue weighted by Crippen LogP contribution is -2.42. The van der Waals surface area contributed by atoms with E-state index in [1.54, 1.807) is 0 Å². The van der Waals surface area contributed by atoms with Crippen LogP contribution in [0.15, 0.2) is 18.2 Å². The third-order valence-electron chi connectivity index (χ3n) is 3.07. The summed E-state index contributed by atoms with van der Waals surface area (Å²) in [6.07, 6.45) is 1.34. The molecule has 87 valence electrons. The predicted molar refractivity (Wildman–Crippen MR) is 64.6 cm³/mol. The van der Waals surface area contributed by atoms with Crippen LogP contribution in [0.1, 0.15) is 38.4 Å². The monoisotopic (exact) mass is 239 g/mol. The topological polar surface area (TPSA) is 18.5 Å².